The second-order valence-electron chi connectivity index (χ2n) is 6.04. The van der Waals surface area contributed by atoms with Crippen LogP contribution in [0.25, 0.3) is 10.9 Å². The molecule has 2 aromatic carbocycles. The summed E-state index contributed by atoms with van der Waals surface area (Å²) in [6.07, 6.45) is 1.59. The first kappa shape index (κ1) is 18.6. The average Bonchev–Trinajstić information content (AvgIpc) is 2.61. The van der Waals surface area contributed by atoms with Crippen LogP contribution >= 0.6 is 27.5 Å². The Kier molecular flexibility index (Phi) is 5.44. The molecule has 5 nitrogen and oxygen atoms in total. The van der Waals surface area contributed by atoms with Crippen molar-refractivity contribution in [2.24, 2.45) is 5.10 Å². The summed E-state index contributed by atoms with van der Waals surface area (Å²) in [5, 5.41) is 5.36. The number of rotatable bonds is 4. The Morgan fingerprint density at radius 3 is 2.69 bits per heavy atom. The topological polar surface area (TPSA) is 56.5 Å². The second kappa shape index (κ2) is 7.60. The van der Waals surface area contributed by atoms with E-state index in [-0.39, 0.29) is 11.5 Å². The molecule has 3 aromatic rings. The minimum Gasteiger partial charge on any atom is -0.495 e. The Balaban J connectivity index is 2.14. The van der Waals surface area contributed by atoms with E-state index in [4.69, 9.17) is 16.3 Å². The molecule has 0 aliphatic rings. The number of fused-ring (bicyclic) bond motifs is 1. The van der Waals surface area contributed by atoms with Crippen LogP contribution in [0.5, 0.6) is 5.75 Å². The molecule has 1 aromatic heterocycles. The monoisotopic (exact) mass is 433 g/mol. The largest absolute Gasteiger partial charge is 0.495 e. The first-order chi connectivity index (χ1) is 12.4. The first-order valence-electron chi connectivity index (χ1n) is 8.01. The molecule has 0 aliphatic heterocycles. The van der Waals surface area contributed by atoms with Crippen molar-refractivity contribution in [2.45, 2.75) is 19.8 Å². The molecule has 7 heteroatoms. The lowest BCUT2D eigenvalue weighted by Gasteiger charge is -2.12. The number of hydrogen-bond donors (Lipinski definition) is 0. The summed E-state index contributed by atoms with van der Waals surface area (Å²) in [5.41, 5.74) is 1.20. The number of benzene rings is 2. The van der Waals surface area contributed by atoms with Gasteiger partial charge in [0.15, 0.2) is 0 Å². The van der Waals surface area contributed by atoms with Gasteiger partial charge in [-0.05, 0) is 42.0 Å². The lowest BCUT2D eigenvalue weighted by molar-refractivity contribution is 0.415. The van der Waals surface area contributed by atoms with E-state index in [9.17, 15) is 4.79 Å². The van der Waals surface area contributed by atoms with Gasteiger partial charge < -0.3 is 4.74 Å². The van der Waals surface area contributed by atoms with Crippen LogP contribution in [0.1, 0.15) is 31.2 Å². The van der Waals surface area contributed by atoms with Crippen LogP contribution in [0.2, 0.25) is 5.02 Å². The Bertz CT molecular complexity index is 1060. The molecule has 134 valence electrons. The summed E-state index contributed by atoms with van der Waals surface area (Å²) in [5.74, 6) is 1.22. The van der Waals surface area contributed by atoms with Crippen LogP contribution in [0.15, 0.2) is 50.8 Å². The number of methoxy groups -OCH3 is 1. The Hall–Kier alpha value is -2.18. The summed E-state index contributed by atoms with van der Waals surface area (Å²) in [4.78, 5) is 17.6. The molecular weight excluding hydrogens is 418 g/mol. The molecule has 0 N–H and O–H groups in total. The predicted octanol–water partition coefficient (Wildman–Crippen LogP) is 4.83. The molecule has 0 aliphatic carbocycles. The van der Waals surface area contributed by atoms with E-state index in [1.54, 1.807) is 31.5 Å². The van der Waals surface area contributed by atoms with E-state index in [1.165, 1.54) is 4.68 Å². The fourth-order valence-electron chi connectivity index (χ4n) is 2.54. The van der Waals surface area contributed by atoms with Crippen LogP contribution in [0, 0.1) is 0 Å². The molecule has 0 fully saturated rings. The van der Waals surface area contributed by atoms with Crippen LogP contribution in [0.3, 0.4) is 0 Å². The van der Waals surface area contributed by atoms with Gasteiger partial charge in [-0.25, -0.2) is 4.98 Å². The fraction of sp³-hybridized carbons (Fsp3) is 0.211. The fourth-order valence-corrected chi connectivity index (χ4v) is 3.17. The zero-order valence-corrected chi connectivity index (χ0v) is 16.9. The van der Waals surface area contributed by atoms with Crippen molar-refractivity contribution in [3.05, 3.63) is 67.6 Å². The highest BCUT2D eigenvalue weighted by molar-refractivity contribution is 9.10. The second-order valence-corrected chi connectivity index (χ2v) is 7.36. The van der Waals surface area contributed by atoms with Crippen LogP contribution < -0.4 is 10.3 Å². The molecular formula is C19H17BrClN3O2. The van der Waals surface area contributed by atoms with Gasteiger partial charge in [-0.15, -0.1) is 0 Å². The van der Waals surface area contributed by atoms with Crippen molar-refractivity contribution in [2.75, 3.05) is 7.11 Å². The maximum atomic E-state index is 12.9. The maximum absolute atomic E-state index is 12.9. The maximum Gasteiger partial charge on any atom is 0.282 e. The summed E-state index contributed by atoms with van der Waals surface area (Å²) in [6, 6.07) is 10.8. The zero-order chi connectivity index (χ0) is 18.8. The van der Waals surface area contributed by atoms with Gasteiger partial charge in [0.1, 0.15) is 11.6 Å². The quantitative estimate of drug-likeness (QED) is 0.553. The molecule has 1 heterocycles. The van der Waals surface area contributed by atoms with E-state index < -0.39 is 0 Å². The van der Waals surface area contributed by atoms with Crippen molar-refractivity contribution in [3.63, 3.8) is 0 Å². The number of halogens is 2. The summed E-state index contributed by atoms with van der Waals surface area (Å²) >= 11 is 9.54. The standard InChI is InChI=1S/C19H17BrClN3O2/c1-11(2)18-23-16-6-5-13(20)9-14(16)19(25)24(18)22-10-12-4-7-17(26-3)15(21)8-12/h4-11H,1-3H3. The molecule has 0 saturated heterocycles. The highest BCUT2D eigenvalue weighted by Crippen LogP contribution is 2.24. The third-order valence-electron chi connectivity index (χ3n) is 3.85. The lowest BCUT2D eigenvalue weighted by Crippen LogP contribution is -2.23. The molecule has 3 rings (SSSR count). The minimum atomic E-state index is -0.212. The number of nitrogens with zero attached hydrogens (tertiary/aromatic N) is 3. The third-order valence-corrected chi connectivity index (χ3v) is 4.64. The molecule has 0 spiro atoms. The van der Waals surface area contributed by atoms with E-state index >= 15 is 0 Å². The molecule has 0 amide bonds. The Labute approximate surface area is 164 Å². The van der Waals surface area contributed by atoms with Gasteiger partial charge in [-0.2, -0.15) is 9.78 Å². The minimum absolute atomic E-state index is 0.0346. The van der Waals surface area contributed by atoms with Crippen LogP contribution in [0.4, 0.5) is 0 Å². The van der Waals surface area contributed by atoms with Crippen molar-refractivity contribution < 1.29 is 4.74 Å². The normalized spacial score (nSPS) is 11.6. The lowest BCUT2D eigenvalue weighted by atomic mass is 10.2. The van der Waals surface area contributed by atoms with Gasteiger partial charge in [0.25, 0.3) is 5.56 Å². The van der Waals surface area contributed by atoms with Gasteiger partial charge >= 0.3 is 0 Å². The Morgan fingerprint density at radius 1 is 1.27 bits per heavy atom. The summed E-state index contributed by atoms with van der Waals surface area (Å²) < 4.78 is 7.31. The average molecular weight is 435 g/mol. The molecule has 0 radical (unpaired) electrons. The van der Waals surface area contributed by atoms with E-state index in [1.807, 2.05) is 32.0 Å². The number of aromatic nitrogens is 2. The molecule has 26 heavy (non-hydrogen) atoms. The van der Waals surface area contributed by atoms with Crippen LogP contribution in [-0.4, -0.2) is 23.0 Å². The van der Waals surface area contributed by atoms with Crippen molar-refractivity contribution >= 4 is 44.6 Å². The van der Waals surface area contributed by atoms with Gasteiger partial charge in [-0.3, -0.25) is 4.79 Å². The predicted molar refractivity (Wildman–Crippen MR) is 109 cm³/mol. The van der Waals surface area contributed by atoms with Gasteiger partial charge in [-0.1, -0.05) is 41.4 Å². The number of hydrogen-bond acceptors (Lipinski definition) is 4. The van der Waals surface area contributed by atoms with E-state index in [2.05, 4.69) is 26.0 Å². The van der Waals surface area contributed by atoms with Gasteiger partial charge in [0, 0.05) is 10.4 Å². The van der Waals surface area contributed by atoms with Crippen molar-refractivity contribution in [1.29, 1.82) is 0 Å². The van der Waals surface area contributed by atoms with Crippen LogP contribution in [-0.2, 0) is 0 Å². The zero-order valence-electron chi connectivity index (χ0n) is 14.5. The number of ether oxygens (including phenoxy) is 1. The third kappa shape index (κ3) is 3.66. The first-order valence-corrected chi connectivity index (χ1v) is 9.18. The van der Waals surface area contributed by atoms with E-state index in [0.29, 0.717) is 27.5 Å². The molecule has 0 saturated carbocycles. The summed E-state index contributed by atoms with van der Waals surface area (Å²) in [7, 11) is 1.56. The Morgan fingerprint density at radius 2 is 2.04 bits per heavy atom. The molecule has 0 bridgehead atoms. The van der Waals surface area contributed by atoms with Crippen molar-refractivity contribution in [3.8, 4) is 5.75 Å². The highest BCUT2D eigenvalue weighted by Gasteiger charge is 2.13. The smallest absolute Gasteiger partial charge is 0.282 e. The summed E-state index contributed by atoms with van der Waals surface area (Å²) in [6.45, 7) is 3.95. The van der Waals surface area contributed by atoms with Gasteiger partial charge in [0.2, 0.25) is 0 Å². The molecule has 0 unspecified atom stereocenters. The van der Waals surface area contributed by atoms with Crippen molar-refractivity contribution in [1.82, 2.24) is 9.66 Å². The van der Waals surface area contributed by atoms with Gasteiger partial charge in [0.05, 0.1) is 29.2 Å². The molecule has 0 atom stereocenters. The van der Waals surface area contributed by atoms with E-state index in [0.717, 1.165) is 10.0 Å². The SMILES string of the molecule is COc1ccc(C=Nn2c(C(C)C)nc3ccc(Br)cc3c2=O)cc1Cl. The highest BCUT2D eigenvalue weighted by atomic mass is 79.9.